The van der Waals surface area contributed by atoms with Crippen LogP contribution in [0.25, 0.3) is 0 Å². The summed E-state index contributed by atoms with van der Waals surface area (Å²) < 4.78 is 0. The molecule has 1 aliphatic heterocycles. The molecule has 1 aliphatic rings. The molecule has 1 amide bonds. The van der Waals surface area contributed by atoms with Crippen LogP contribution in [0.1, 0.15) is 12.8 Å². The highest BCUT2D eigenvalue weighted by Gasteiger charge is 2.13. The van der Waals surface area contributed by atoms with Crippen molar-refractivity contribution < 1.29 is 9.59 Å². The van der Waals surface area contributed by atoms with Crippen LogP contribution in [0.15, 0.2) is 5.10 Å². The minimum Gasteiger partial charge on any atom is -0.301 e. The molecule has 54 valence electrons. The van der Waals surface area contributed by atoms with E-state index in [1.807, 2.05) is 0 Å². The van der Waals surface area contributed by atoms with Crippen molar-refractivity contribution in [2.24, 2.45) is 5.10 Å². The average Bonchev–Trinajstić information content (AvgIpc) is 1.94. The second kappa shape index (κ2) is 3.10. The molecule has 10 heavy (non-hydrogen) atoms. The fraction of sp³-hybridized carbons (Fsp3) is 0.500. The summed E-state index contributed by atoms with van der Waals surface area (Å²) in [5.41, 5.74) is 0. The Balaban J connectivity index is 2.54. The molecule has 1 heterocycles. The summed E-state index contributed by atoms with van der Waals surface area (Å²) in [6.45, 7) is 0.0787. The zero-order chi connectivity index (χ0) is 7.40. The Labute approximate surface area is 58.5 Å². The van der Waals surface area contributed by atoms with E-state index < -0.39 is 0 Å². The van der Waals surface area contributed by atoms with Crippen LogP contribution in [-0.4, -0.2) is 30.0 Å². The van der Waals surface area contributed by atoms with Gasteiger partial charge >= 0.3 is 0 Å². The molecular weight excluding hydrogens is 132 g/mol. The van der Waals surface area contributed by atoms with E-state index >= 15 is 0 Å². The second-order valence-electron chi connectivity index (χ2n) is 1.98. The summed E-state index contributed by atoms with van der Waals surface area (Å²) in [4.78, 5) is 20.8. The summed E-state index contributed by atoms with van der Waals surface area (Å²) in [6, 6.07) is 0. The first-order valence-corrected chi connectivity index (χ1v) is 3.11. The minimum absolute atomic E-state index is 0.0744. The van der Waals surface area contributed by atoms with Gasteiger partial charge in [0, 0.05) is 12.6 Å². The third kappa shape index (κ3) is 1.40. The predicted molar refractivity (Wildman–Crippen MR) is 35.5 cm³/mol. The maximum absolute atomic E-state index is 10.8. The van der Waals surface area contributed by atoms with Crippen LogP contribution in [0.4, 0.5) is 0 Å². The van der Waals surface area contributed by atoms with Gasteiger partial charge in [-0.15, -0.1) is 0 Å². The number of rotatable bonds is 2. The molecule has 0 aromatic heterocycles. The first-order valence-electron chi connectivity index (χ1n) is 3.11. The standard InChI is InChI=1S/C6H8N2O2/c9-5-4-8-6(10)2-1-3-7-8/h3,5H,1-2,4H2. The lowest BCUT2D eigenvalue weighted by molar-refractivity contribution is -0.133. The van der Waals surface area contributed by atoms with Gasteiger partial charge in [-0.1, -0.05) is 0 Å². The lowest BCUT2D eigenvalue weighted by atomic mass is 10.3. The molecule has 0 aromatic carbocycles. The Morgan fingerprint density at radius 2 is 2.60 bits per heavy atom. The van der Waals surface area contributed by atoms with Gasteiger partial charge in [0.2, 0.25) is 5.91 Å². The quantitative estimate of drug-likeness (QED) is 0.498. The van der Waals surface area contributed by atoms with Crippen molar-refractivity contribution in [3.05, 3.63) is 0 Å². The SMILES string of the molecule is O=CCN1N=CCCC1=O. The Kier molecular flexibility index (Phi) is 2.15. The molecule has 0 aliphatic carbocycles. The van der Waals surface area contributed by atoms with E-state index in [0.717, 1.165) is 0 Å². The van der Waals surface area contributed by atoms with Gasteiger partial charge in [-0.2, -0.15) is 5.10 Å². The zero-order valence-electron chi connectivity index (χ0n) is 5.49. The molecule has 0 fully saturated rings. The predicted octanol–water partition coefficient (Wildman–Crippen LogP) is -0.207. The molecule has 1 rings (SSSR count). The molecule has 4 nitrogen and oxygen atoms in total. The third-order valence-corrected chi connectivity index (χ3v) is 1.24. The summed E-state index contributed by atoms with van der Waals surface area (Å²) in [5, 5.41) is 4.90. The maximum Gasteiger partial charge on any atom is 0.243 e. The zero-order valence-corrected chi connectivity index (χ0v) is 5.49. The van der Waals surface area contributed by atoms with Crippen molar-refractivity contribution in [3.8, 4) is 0 Å². The highest BCUT2D eigenvalue weighted by atomic mass is 16.2. The Morgan fingerprint density at radius 1 is 1.80 bits per heavy atom. The first kappa shape index (κ1) is 6.92. The lowest BCUT2D eigenvalue weighted by Crippen LogP contribution is -2.30. The molecule has 0 aromatic rings. The highest BCUT2D eigenvalue weighted by molar-refractivity contribution is 5.83. The van der Waals surface area contributed by atoms with Crippen molar-refractivity contribution in [1.29, 1.82) is 0 Å². The normalized spacial score (nSPS) is 17.6. The molecule has 0 N–H and O–H groups in total. The summed E-state index contributed by atoms with van der Waals surface area (Å²) >= 11 is 0. The van der Waals surface area contributed by atoms with E-state index in [1.165, 1.54) is 5.01 Å². The lowest BCUT2D eigenvalue weighted by Gasteiger charge is -2.16. The van der Waals surface area contributed by atoms with Gasteiger partial charge in [0.1, 0.15) is 12.8 Å². The fourth-order valence-electron chi connectivity index (χ4n) is 0.757. The van der Waals surface area contributed by atoms with E-state index in [-0.39, 0.29) is 12.5 Å². The van der Waals surface area contributed by atoms with Crippen LogP contribution in [0.2, 0.25) is 0 Å². The molecule has 0 unspecified atom stereocenters. The van der Waals surface area contributed by atoms with Gasteiger partial charge in [-0.05, 0) is 6.42 Å². The van der Waals surface area contributed by atoms with E-state index in [2.05, 4.69) is 5.10 Å². The number of carbonyl (C=O) groups is 2. The average molecular weight is 140 g/mol. The van der Waals surface area contributed by atoms with Crippen molar-refractivity contribution in [2.75, 3.05) is 6.54 Å². The molecule has 0 bridgehead atoms. The number of amides is 1. The Bertz CT molecular complexity index is 177. The summed E-state index contributed by atoms with van der Waals surface area (Å²) in [7, 11) is 0. The van der Waals surface area contributed by atoms with Crippen molar-refractivity contribution >= 4 is 18.4 Å². The second-order valence-corrected chi connectivity index (χ2v) is 1.98. The number of aldehydes is 1. The van der Waals surface area contributed by atoms with E-state index in [9.17, 15) is 9.59 Å². The van der Waals surface area contributed by atoms with Crippen LogP contribution in [-0.2, 0) is 9.59 Å². The number of hydrazone groups is 1. The molecule has 0 radical (unpaired) electrons. The monoisotopic (exact) mass is 140 g/mol. The Morgan fingerprint density at radius 3 is 3.20 bits per heavy atom. The molecule has 0 atom stereocenters. The molecule has 4 heteroatoms. The van der Waals surface area contributed by atoms with Crippen molar-refractivity contribution in [2.45, 2.75) is 12.8 Å². The van der Waals surface area contributed by atoms with Crippen LogP contribution >= 0.6 is 0 Å². The Hall–Kier alpha value is -1.19. The fourth-order valence-corrected chi connectivity index (χ4v) is 0.757. The largest absolute Gasteiger partial charge is 0.301 e. The van der Waals surface area contributed by atoms with Gasteiger partial charge in [0.25, 0.3) is 0 Å². The van der Waals surface area contributed by atoms with E-state index in [4.69, 9.17) is 0 Å². The molecular formula is C6H8N2O2. The van der Waals surface area contributed by atoms with Crippen LogP contribution in [0.5, 0.6) is 0 Å². The van der Waals surface area contributed by atoms with Gasteiger partial charge in [-0.3, -0.25) is 4.79 Å². The minimum atomic E-state index is -0.0744. The van der Waals surface area contributed by atoms with Gasteiger partial charge in [-0.25, -0.2) is 5.01 Å². The number of hydrogen-bond donors (Lipinski definition) is 0. The number of nitrogens with zero attached hydrogens (tertiary/aromatic N) is 2. The molecule has 0 saturated carbocycles. The van der Waals surface area contributed by atoms with Crippen LogP contribution in [0, 0.1) is 0 Å². The van der Waals surface area contributed by atoms with Crippen molar-refractivity contribution in [3.63, 3.8) is 0 Å². The van der Waals surface area contributed by atoms with Crippen LogP contribution < -0.4 is 0 Å². The number of hydrogen-bond acceptors (Lipinski definition) is 3. The first-order chi connectivity index (χ1) is 4.84. The molecule has 0 spiro atoms. The highest BCUT2D eigenvalue weighted by Crippen LogP contribution is 2.01. The smallest absolute Gasteiger partial charge is 0.243 e. The van der Waals surface area contributed by atoms with Crippen molar-refractivity contribution in [1.82, 2.24) is 5.01 Å². The third-order valence-electron chi connectivity index (χ3n) is 1.24. The van der Waals surface area contributed by atoms with Gasteiger partial charge < -0.3 is 4.79 Å². The van der Waals surface area contributed by atoms with Crippen LogP contribution in [0.3, 0.4) is 0 Å². The van der Waals surface area contributed by atoms with E-state index in [1.54, 1.807) is 6.21 Å². The summed E-state index contributed by atoms with van der Waals surface area (Å²) in [5.74, 6) is -0.0744. The summed E-state index contributed by atoms with van der Waals surface area (Å²) in [6.07, 6.45) is 3.47. The number of carbonyl (C=O) groups excluding carboxylic acids is 2. The maximum atomic E-state index is 10.8. The van der Waals surface area contributed by atoms with Gasteiger partial charge in [0.15, 0.2) is 0 Å². The van der Waals surface area contributed by atoms with Gasteiger partial charge in [0.05, 0.1) is 0 Å². The topological polar surface area (TPSA) is 49.7 Å². The molecule has 0 saturated heterocycles. The van der Waals surface area contributed by atoms with E-state index in [0.29, 0.717) is 19.1 Å².